The summed E-state index contributed by atoms with van der Waals surface area (Å²) in [4.78, 5) is 37.2. The Labute approximate surface area is 161 Å². The molecule has 1 aromatic carbocycles. The van der Waals surface area contributed by atoms with E-state index in [9.17, 15) is 14.4 Å². The van der Waals surface area contributed by atoms with Gasteiger partial charge in [-0.05, 0) is 37.6 Å². The van der Waals surface area contributed by atoms with Gasteiger partial charge < -0.3 is 20.1 Å². The van der Waals surface area contributed by atoms with E-state index in [-0.39, 0.29) is 30.7 Å². The van der Waals surface area contributed by atoms with E-state index in [2.05, 4.69) is 15.8 Å². The lowest BCUT2D eigenvalue weighted by atomic mass is 10.2. The Morgan fingerprint density at radius 3 is 2.56 bits per heavy atom. The number of rotatable bonds is 8. The minimum absolute atomic E-state index is 0.0954. The number of carbonyl (C=O) groups is 3. The van der Waals surface area contributed by atoms with Crippen LogP contribution in [0, 0.1) is 6.92 Å². The summed E-state index contributed by atoms with van der Waals surface area (Å²) >= 11 is 5.78. The highest BCUT2D eigenvalue weighted by atomic mass is 35.5. The summed E-state index contributed by atoms with van der Waals surface area (Å²) in [6.07, 6.45) is 0.681. The number of aromatic nitrogens is 1. The molecule has 1 aromatic heterocycles. The zero-order chi connectivity index (χ0) is 19.8. The number of benzene rings is 1. The van der Waals surface area contributed by atoms with Gasteiger partial charge in [0.05, 0.1) is 6.54 Å². The van der Waals surface area contributed by atoms with E-state index in [0.717, 1.165) is 0 Å². The minimum atomic E-state index is -0.366. The average Bonchev–Trinajstić information content (AvgIpc) is 3.03. The van der Waals surface area contributed by atoms with Crippen molar-refractivity contribution in [3.05, 3.63) is 46.7 Å². The van der Waals surface area contributed by atoms with Crippen LogP contribution in [0.3, 0.4) is 0 Å². The maximum Gasteiger partial charge on any atom is 0.251 e. The lowest BCUT2D eigenvalue weighted by molar-refractivity contribution is -0.133. The van der Waals surface area contributed by atoms with Crippen LogP contribution >= 0.6 is 11.6 Å². The standard InChI is InChI=1S/C18H21ClN4O4/c1-12-10-15(22-27-12)21-16(24)11-23(2)17(25)4-3-9-20-18(26)13-5-7-14(19)8-6-13/h5-8,10H,3-4,9,11H2,1-2H3,(H,20,26)(H,21,22,24). The third-order valence-corrected chi connectivity index (χ3v) is 3.91. The summed E-state index contributed by atoms with van der Waals surface area (Å²) in [6, 6.07) is 8.13. The van der Waals surface area contributed by atoms with Crippen LogP contribution in [0.15, 0.2) is 34.9 Å². The van der Waals surface area contributed by atoms with Crippen molar-refractivity contribution >= 4 is 35.1 Å². The maximum absolute atomic E-state index is 12.1. The van der Waals surface area contributed by atoms with Crippen molar-refractivity contribution in [2.24, 2.45) is 0 Å². The number of likely N-dealkylation sites (N-methyl/N-ethyl adjacent to an activating group) is 1. The quantitative estimate of drug-likeness (QED) is 0.670. The number of hydrogen-bond acceptors (Lipinski definition) is 5. The van der Waals surface area contributed by atoms with Gasteiger partial charge in [0, 0.05) is 36.7 Å². The van der Waals surface area contributed by atoms with Gasteiger partial charge in [-0.25, -0.2) is 0 Å². The molecule has 144 valence electrons. The predicted octanol–water partition coefficient (Wildman–Crippen LogP) is 2.24. The molecule has 0 saturated heterocycles. The smallest absolute Gasteiger partial charge is 0.251 e. The molecule has 2 N–H and O–H groups in total. The Kier molecular flexibility index (Phi) is 7.36. The molecule has 0 radical (unpaired) electrons. The van der Waals surface area contributed by atoms with E-state index >= 15 is 0 Å². The number of amides is 3. The first-order chi connectivity index (χ1) is 12.8. The summed E-state index contributed by atoms with van der Waals surface area (Å²) in [5.74, 6) is 0.103. The normalized spacial score (nSPS) is 10.3. The Morgan fingerprint density at radius 2 is 1.93 bits per heavy atom. The van der Waals surface area contributed by atoms with Gasteiger partial charge in [-0.2, -0.15) is 0 Å². The molecule has 1 heterocycles. The number of halogens is 1. The van der Waals surface area contributed by atoms with Crippen LogP contribution < -0.4 is 10.6 Å². The Hall–Kier alpha value is -2.87. The second-order valence-corrected chi connectivity index (χ2v) is 6.42. The molecule has 2 aromatic rings. The number of anilines is 1. The van der Waals surface area contributed by atoms with Crippen LogP contribution in [-0.4, -0.2) is 47.9 Å². The molecule has 0 atom stereocenters. The first-order valence-corrected chi connectivity index (χ1v) is 8.74. The third kappa shape index (κ3) is 6.74. The SMILES string of the molecule is Cc1cc(NC(=O)CN(C)C(=O)CCCNC(=O)c2ccc(Cl)cc2)no1. The molecular formula is C18H21ClN4O4. The molecular weight excluding hydrogens is 372 g/mol. The molecule has 27 heavy (non-hydrogen) atoms. The van der Waals surface area contributed by atoms with Crippen LogP contribution in [0.2, 0.25) is 5.02 Å². The zero-order valence-electron chi connectivity index (χ0n) is 15.1. The van der Waals surface area contributed by atoms with Crippen molar-refractivity contribution in [1.82, 2.24) is 15.4 Å². The van der Waals surface area contributed by atoms with E-state index in [4.69, 9.17) is 16.1 Å². The van der Waals surface area contributed by atoms with Gasteiger partial charge in [0.2, 0.25) is 11.8 Å². The first-order valence-electron chi connectivity index (χ1n) is 8.36. The molecule has 0 aliphatic heterocycles. The molecule has 3 amide bonds. The highest BCUT2D eigenvalue weighted by molar-refractivity contribution is 6.30. The lowest BCUT2D eigenvalue weighted by Gasteiger charge is -2.16. The van der Waals surface area contributed by atoms with Crippen molar-refractivity contribution < 1.29 is 18.9 Å². The largest absolute Gasteiger partial charge is 0.360 e. The van der Waals surface area contributed by atoms with Crippen molar-refractivity contribution in [2.45, 2.75) is 19.8 Å². The average molecular weight is 393 g/mol. The number of aryl methyl sites for hydroxylation is 1. The predicted molar refractivity (Wildman–Crippen MR) is 101 cm³/mol. The topological polar surface area (TPSA) is 105 Å². The highest BCUT2D eigenvalue weighted by Crippen LogP contribution is 2.09. The Bertz CT molecular complexity index is 804. The second-order valence-electron chi connectivity index (χ2n) is 5.99. The van der Waals surface area contributed by atoms with Crippen molar-refractivity contribution in [3.8, 4) is 0 Å². The summed E-state index contributed by atoms with van der Waals surface area (Å²) in [5.41, 5.74) is 0.502. The highest BCUT2D eigenvalue weighted by Gasteiger charge is 2.14. The fourth-order valence-corrected chi connectivity index (χ4v) is 2.37. The molecule has 0 aliphatic carbocycles. The second kappa shape index (κ2) is 9.72. The van der Waals surface area contributed by atoms with E-state index in [0.29, 0.717) is 35.1 Å². The molecule has 0 fully saturated rings. The van der Waals surface area contributed by atoms with Crippen LogP contribution in [0.5, 0.6) is 0 Å². The maximum atomic E-state index is 12.1. The van der Waals surface area contributed by atoms with Gasteiger partial charge in [-0.3, -0.25) is 14.4 Å². The van der Waals surface area contributed by atoms with Gasteiger partial charge in [0.15, 0.2) is 5.82 Å². The molecule has 0 saturated carbocycles. The van der Waals surface area contributed by atoms with E-state index in [1.807, 2.05) is 0 Å². The van der Waals surface area contributed by atoms with Gasteiger partial charge in [-0.15, -0.1) is 0 Å². The molecule has 9 heteroatoms. The van der Waals surface area contributed by atoms with E-state index < -0.39 is 0 Å². The molecule has 0 spiro atoms. The third-order valence-electron chi connectivity index (χ3n) is 3.66. The Morgan fingerprint density at radius 1 is 1.22 bits per heavy atom. The van der Waals surface area contributed by atoms with Crippen molar-refractivity contribution in [1.29, 1.82) is 0 Å². The van der Waals surface area contributed by atoms with Crippen LogP contribution in [0.4, 0.5) is 5.82 Å². The van der Waals surface area contributed by atoms with Gasteiger partial charge in [-0.1, -0.05) is 16.8 Å². The number of hydrogen-bond donors (Lipinski definition) is 2. The number of nitrogens with one attached hydrogen (secondary N) is 2. The van der Waals surface area contributed by atoms with E-state index in [1.165, 1.54) is 4.90 Å². The summed E-state index contributed by atoms with van der Waals surface area (Å²) in [7, 11) is 1.54. The van der Waals surface area contributed by atoms with Crippen molar-refractivity contribution in [2.75, 3.05) is 25.5 Å². The lowest BCUT2D eigenvalue weighted by Crippen LogP contribution is -2.35. The molecule has 8 nitrogen and oxygen atoms in total. The van der Waals surface area contributed by atoms with Crippen LogP contribution in [0.1, 0.15) is 29.0 Å². The summed E-state index contributed by atoms with van der Waals surface area (Å²) in [6.45, 7) is 1.97. The minimum Gasteiger partial charge on any atom is -0.360 e. The van der Waals surface area contributed by atoms with Crippen molar-refractivity contribution in [3.63, 3.8) is 0 Å². The zero-order valence-corrected chi connectivity index (χ0v) is 15.9. The number of nitrogens with zero attached hydrogens (tertiary/aromatic N) is 2. The molecule has 0 unspecified atom stereocenters. The van der Waals surface area contributed by atoms with Gasteiger partial charge >= 0.3 is 0 Å². The van der Waals surface area contributed by atoms with Crippen LogP contribution in [-0.2, 0) is 9.59 Å². The monoisotopic (exact) mass is 392 g/mol. The van der Waals surface area contributed by atoms with E-state index in [1.54, 1.807) is 44.3 Å². The van der Waals surface area contributed by atoms with Gasteiger partial charge in [0.1, 0.15) is 5.76 Å². The molecule has 0 bridgehead atoms. The van der Waals surface area contributed by atoms with Crippen LogP contribution in [0.25, 0.3) is 0 Å². The molecule has 2 rings (SSSR count). The summed E-state index contributed by atoms with van der Waals surface area (Å²) in [5, 5.41) is 9.50. The fourth-order valence-electron chi connectivity index (χ4n) is 2.25. The van der Waals surface area contributed by atoms with Gasteiger partial charge in [0.25, 0.3) is 5.91 Å². The Balaban J connectivity index is 1.66. The summed E-state index contributed by atoms with van der Waals surface area (Å²) < 4.78 is 4.85. The first kappa shape index (κ1) is 20.4. The number of carbonyl (C=O) groups excluding carboxylic acids is 3. The fraction of sp³-hybridized carbons (Fsp3) is 0.333. The molecule has 0 aliphatic rings.